The van der Waals surface area contributed by atoms with Crippen LogP contribution in [0.2, 0.25) is 0 Å². The molecular weight excluding hydrogens is 504 g/mol. The van der Waals surface area contributed by atoms with Gasteiger partial charge in [0.15, 0.2) is 0 Å². The molecule has 0 bridgehead atoms. The van der Waals surface area contributed by atoms with Crippen molar-refractivity contribution in [3.63, 3.8) is 0 Å². The van der Waals surface area contributed by atoms with Crippen LogP contribution in [0, 0.1) is 12.8 Å². The zero-order chi connectivity index (χ0) is 26.8. The first-order valence-corrected chi connectivity index (χ1v) is 13.6. The molecule has 1 amide bonds. The van der Waals surface area contributed by atoms with Crippen molar-refractivity contribution < 1.29 is 22.7 Å². The Morgan fingerprint density at radius 1 is 1.19 bits per heavy atom. The van der Waals surface area contributed by atoms with E-state index in [0.29, 0.717) is 27.4 Å². The number of carbonyl (C=O) groups excluding carboxylic acids is 2. The third-order valence-electron chi connectivity index (χ3n) is 5.53. The van der Waals surface area contributed by atoms with Crippen molar-refractivity contribution in [3.05, 3.63) is 51.4 Å². The minimum Gasteiger partial charge on any atom is -0.461 e. The third-order valence-corrected chi connectivity index (χ3v) is 8.54. The number of hydrogen-bond acceptors (Lipinski definition) is 8. The van der Waals surface area contributed by atoms with E-state index in [1.54, 1.807) is 13.8 Å². The van der Waals surface area contributed by atoms with Crippen LogP contribution in [0.15, 0.2) is 40.3 Å². The lowest BCUT2D eigenvalue weighted by Gasteiger charge is -2.18. The summed E-state index contributed by atoms with van der Waals surface area (Å²) in [7, 11) is -0.721. The monoisotopic (exact) mass is 534 g/mol. The first-order chi connectivity index (χ1) is 16.9. The number of fused-ring (bicyclic) bond motifs is 1. The minimum absolute atomic E-state index is 0.0964. The molecule has 0 aliphatic heterocycles. The number of sulfonamides is 1. The molecule has 12 heteroatoms. The Hall–Kier alpha value is -3.09. The van der Waals surface area contributed by atoms with Gasteiger partial charge in [-0.25, -0.2) is 22.5 Å². The van der Waals surface area contributed by atoms with Gasteiger partial charge < -0.3 is 10.1 Å². The number of thiophene rings is 1. The zero-order valence-electron chi connectivity index (χ0n) is 21.1. The molecule has 0 aliphatic rings. The van der Waals surface area contributed by atoms with Crippen LogP contribution in [0.3, 0.4) is 0 Å². The predicted octanol–water partition coefficient (Wildman–Crippen LogP) is 3.42. The van der Waals surface area contributed by atoms with Crippen LogP contribution in [0.5, 0.6) is 0 Å². The van der Waals surface area contributed by atoms with Gasteiger partial charge in [-0.15, -0.1) is 11.3 Å². The molecule has 1 atom stereocenters. The number of hydrogen-bond donors (Lipinski definition) is 1. The fourth-order valence-electron chi connectivity index (χ4n) is 3.52. The summed E-state index contributed by atoms with van der Waals surface area (Å²) in [6, 6.07) is 4.92. The van der Waals surface area contributed by atoms with Crippen molar-refractivity contribution in [1.29, 1.82) is 0 Å². The van der Waals surface area contributed by atoms with E-state index in [0.717, 1.165) is 15.6 Å². The molecule has 1 unspecified atom stereocenters. The number of ether oxygens (including phenoxy) is 1. The van der Waals surface area contributed by atoms with Gasteiger partial charge in [0.2, 0.25) is 15.9 Å². The molecule has 3 rings (SSSR count). The van der Waals surface area contributed by atoms with Gasteiger partial charge in [-0.2, -0.15) is 0 Å². The summed E-state index contributed by atoms with van der Waals surface area (Å²) in [5.41, 5.74) is 0.440. The van der Waals surface area contributed by atoms with Crippen molar-refractivity contribution in [3.8, 4) is 0 Å². The average Bonchev–Trinajstić information content (AvgIpc) is 3.16. The molecule has 0 fully saturated rings. The summed E-state index contributed by atoms with van der Waals surface area (Å²) in [5.74, 6) is -0.774. The summed E-state index contributed by atoms with van der Waals surface area (Å²) in [6.45, 7) is 7.57. The van der Waals surface area contributed by atoms with Crippen molar-refractivity contribution in [2.45, 2.75) is 45.1 Å². The molecule has 10 nitrogen and oxygen atoms in total. The number of carbonyl (C=O) groups is 2. The van der Waals surface area contributed by atoms with Gasteiger partial charge in [-0.05, 0) is 49.1 Å². The molecule has 2 aromatic heterocycles. The Bertz CT molecular complexity index is 1440. The fraction of sp³-hybridized carbons (Fsp3) is 0.417. The van der Waals surface area contributed by atoms with Gasteiger partial charge in [0.25, 0.3) is 5.56 Å². The number of amides is 1. The molecule has 1 N–H and O–H groups in total. The zero-order valence-corrected chi connectivity index (χ0v) is 22.7. The maximum Gasteiger partial charge on any atom is 0.348 e. The van der Waals surface area contributed by atoms with E-state index in [1.807, 2.05) is 13.8 Å². The lowest BCUT2D eigenvalue weighted by atomic mass is 10.1. The molecule has 0 aliphatic carbocycles. The number of aromatic nitrogens is 2. The molecule has 0 spiro atoms. The van der Waals surface area contributed by atoms with Crippen LogP contribution in [-0.2, 0) is 19.6 Å². The van der Waals surface area contributed by atoms with Crippen LogP contribution >= 0.6 is 11.3 Å². The SMILES string of the molecule is CCC(C(=O)Nc1ccc(S(=O)(=O)N(C)C)cc1)n1cnc2sc(C(=O)OCC(C)C)c(C)c2c1=O. The lowest BCUT2D eigenvalue weighted by Crippen LogP contribution is -2.33. The summed E-state index contributed by atoms with van der Waals surface area (Å²) < 4.78 is 32.2. The second kappa shape index (κ2) is 10.9. The number of nitrogens with zero attached hydrogens (tertiary/aromatic N) is 3. The maximum atomic E-state index is 13.4. The lowest BCUT2D eigenvalue weighted by molar-refractivity contribution is -0.119. The molecule has 1 aromatic carbocycles. The van der Waals surface area contributed by atoms with Gasteiger partial charge in [-0.1, -0.05) is 20.8 Å². The molecule has 3 aromatic rings. The predicted molar refractivity (Wildman–Crippen MR) is 139 cm³/mol. The van der Waals surface area contributed by atoms with E-state index in [9.17, 15) is 22.8 Å². The van der Waals surface area contributed by atoms with Crippen molar-refractivity contribution in [2.75, 3.05) is 26.0 Å². The smallest absolute Gasteiger partial charge is 0.348 e. The first-order valence-electron chi connectivity index (χ1n) is 11.4. The molecule has 194 valence electrons. The van der Waals surface area contributed by atoms with E-state index >= 15 is 0 Å². The Labute approximate surface area is 214 Å². The van der Waals surface area contributed by atoms with E-state index in [1.165, 1.54) is 49.3 Å². The van der Waals surface area contributed by atoms with Crippen LogP contribution < -0.4 is 10.9 Å². The van der Waals surface area contributed by atoms with Crippen LogP contribution in [0.4, 0.5) is 5.69 Å². The largest absolute Gasteiger partial charge is 0.461 e. The standard InChI is InChI=1S/C24H30N4O6S2/c1-7-18(21(29)26-16-8-10-17(11-9-16)36(32,33)27(5)6)28-13-25-22-19(23(28)30)15(4)20(35-22)24(31)34-12-14(2)3/h8-11,13-14,18H,7,12H2,1-6H3,(H,26,29). The topological polar surface area (TPSA) is 128 Å². The number of benzene rings is 1. The number of nitrogens with one attached hydrogen (secondary N) is 1. The summed E-state index contributed by atoms with van der Waals surface area (Å²) >= 11 is 1.09. The average molecular weight is 535 g/mol. The third kappa shape index (κ3) is 5.50. The normalized spacial score (nSPS) is 12.8. The van der Waals surface area contributed by atoms with Gasteiger partial charge in [-0.3, -0.25) is 14.2 Å². The quantitative estimate of drug-likeness (QED) is 0.417. The summed E-state index contributed by atoms with van der Waals surface area (Å²) in [4.78, 5) is 44.1. The first kappa shape index (κ1) is 27.5. The Kier molecular flexibility index (Phi) is 8.32. The van der Waals surface area contributed by atoms with Gasteiger partial charge in [0, 0.05) is 19.8 Å². The highest BCUT2D eigenvalue weighted by Gasteiger charge is 2.25. The number of aryl methyl sites for hydroxylation is 1. The van der Waals surface area contributed by atoms with Crippen LogP contribution in [0.25, 0.3) is 10.2 Å². The van der Waals surface area contributed by atoms with Crippen LogP contribution in [0.1, 0.15) is 48.5 Å². The van der Waals surface area contributed by atoms with E-state index in [4.69, 9.17) is 4.74 Å². The number of rotatable bonds is 9. The Morgan fingerprint density at radius 3 is 2.39 bits per heavy atom. The van der Waals surface area contributed by atoms with Crippen molar-refractivity contribution in [1.82, 2.24) is 13.9 Å². The highest BCUT2D eigenvalue weighted by molar-refractivity contribution is 7.89. The van der Waals surface area contributed by atoms with Gasteiger partial charge in [0.1, 0.15) is 15.7 Å². The summed E-state index contributed by atoms with van der Waals surface area (Å²) in [5, 5.41) is 3.01. The molecule has 0 radical (unpaired) electrons. The van der Waals surface area contributed by atoms with E-state index in [2.05, 4.69) is 10.3 Å². The van der Waals surface area contributed by atoms with E-state index in [-0.39, 0.29) is 22.8 Å². The Morgan fingerprint density at radius 2 is 1.83 bits per heavy atom. The summed E-state index contributed by atoms with van der Waals surface area (Å²) in [6.07, 6.45) is 1.61. The van der Waals surface area contributed by atoms with Crippen molar-refractivity contribution in [2.24, 2.45) is 5.92 Å². The molecule has 36 heavy (non-hydrogen) atoms. The molecular formula is C24H30N4O6S2. The highest BCUT2D eigenvalue weighted by Crippen LogP contribution is 2.28. The Balaban J connectivity index is 1.89. The molecule has 0 saturated carbocycles. The van der Waals surface area contributed by atoms with Crippen LogP contribution in [-0.4, -0.2) is 54.9 Å². The number of anilines is 1. The molecule has 0 saturated heterocycles. The minimum atomic E-state index is -3.59. The highest BCUT2D eigenvalue weighted by atomic mass is 32.2. The fourth-order valence-corrected chi connectivity index (χ4v) is 5.45. The second-order valence-corrected chi connectivity index (χ2v) is 12.1. The molecule has 2 heterocycles. The van der Waals surface area contributed by atoms with Gasteiger partial charge in [0.05, 0.1) is 23.2 Å². The van der Waals surface area contributed by atoms with E-state index < -0.39 is 33.5 Å². The second-order valence-electron chi connectivity index (χ2n) is 8.91. The van der Waals surface area contributed by atoms with Crippen molar-refractivity contribution >= 4 is 49.1 Å². The number of esters is 1. The maximum absolute atomic E-state index is 13.4. The van der Waals surface area contributed by atoms with Gasteiger partial charge >= 0.3 is 5.97 Å².